The van der Waals surface area contributed by atoms with Gasteiger partial charge < -0.3 is 10.1 Å². The Bertz CT molecular complexity index is 637. The van der Waals surface area contributed by atoms with Gasteiger partial charge >= 0.3 is 0 Å². The highest BCUT2D eigenvalue weighted by Gasteiger charge is 2.17. The van der Waals surface area contributed by atoms with E-state index in [1.165, 1.54) is 11.1 Å². The average Bonchev–Trinajstić information content (AvgIpc) is 2.50. The fourth-order valence-electron chi connectivity index (χ4n) is 2.20. The molecule has 0 aliphatic rings. The molecule has 3 heteroatoms. The Morgan fingerprint density at radius 1 is 1.00 bits per heavy atom. The van der Waals surface area contributed by atoms with Crippen LogP contribution in [0.2, 0.25) is 0 Å². The molecule has 2 rings (SSSR count). The van der Waals surface area contributed by atoms with Gasteiger partial charge in [-0.25, -0.2) is 0 Å². The summed E-state index contributed by atoms with van der Waals surface area (Å²) in [6.45, 7) is 7.90. The summed E-state index contributed by atoms with van der Waals surface area (Å²) in [5.41, 5.74) is 3.58. The minimum atomic E-state index is -0.531. The summed E-state index contributed by atoms with van der Waals surface area (Å²) >= 11 is 0. The number of para-hydroxylation sites is 1. The lowest BCUT2D eigenvalue weighted by Crippen LogP contribution is -2.37. The first-order chi connectivity index (χ1) is 10.5. The molecule has 0 aliphatic carbocycles. The van der Waals surface area contributed by atoms with Gasteiger partial charge in [0.15, 0.2) is 6.10 Å². The molecule has 0 fully saturated rings. The number of hydrogen-bond acceptors (Lipinski definition) is 2. The number of hydrogen-bond donors (Lipinski definition) is 1. The first-order valence-corrected chi connectivity index (χ1v) is 7.56. The van der Waals surface area contributed by atoms with Crippen LogP contribution in [0.25, 0.3) is 0 Å². The van der Waals surface area contributed by atoms with Gasteiger partial charge in [0.1, 0.15) is 5.75 Å². The molecule has 116 valence electrons. The molecule has 0 saturated carbocycles. The van der Waals surface area contributed by atoms with Gasteiger partial charge in [-0.1, -0.05) is 36.4 Å². The Labute approximate surface area is 132 Å². The summed E-state index contributed by atoms with van der Waals surface area (Å²) in [5, 5.41) is 3.00. The SMILES string of the molecule is Cc1ccc([C@H](C)NC(=O)[C@@H](C)Oc2ccccc2)cc1C. The summed E-state index contributed by atoms with van der Waals surface area (Å²) in [5.74, 6) is 0.582. The Morgan fingerprint density at radius 3 is 2.32 bits per heavy atom. The van der Waals surface area contributed by atoms with E-state index in [4.69, 9.17) is 4.74 Å². The van der Waals surface area contributed by atoms with E-state index in [-0.39, 0.29) is 11.9 Å². The number of nitrogens with one attached hydrogen (secondary N) is 1. The van der Waals surface area contributed by atoms with Crippen LogP contribution in [0, 0.1) is 13.8 Å². The molecule has 2 aromatic rings. The number of rotatable bonds is 5. The van der Waals surface area contributed by atoms with Crippen LogP contribution in [0.15, 0.2) is 48.5 Å². The molecule has 0 aliphatic heterocycles. The lowest BCUT2D eigenvalue weighted by molar-refractivity contribution is -0.127. The predicted octanol–water partition coefficient (Wildman–Crippen LogP) is 3.95. The highest BCUT2D eigenvalue weighted by molar-refractivity contribution is 5.81. The Kier molecular flexibility index (Phi) is 5.21. The molecule has 1 N–H and O–H groups in total. The zero-order chi connectivity index (χ0) is 16.1. The zero-order valence-corrected chi connectivity index (χ0v) is 13.6. The van der Waals surface area contributed by atoms with Gasteiger partial charge in [-0.3, -0.25) is 4.79 Å². The maximum absolute atomic E-state index is 12.2. The van der Waals surface area contributed by atoms with Crippen molar-refractivity contribution in [3.8, 4) is 5.75 Å². The number of carbonyl (C=O) groups is 1. The number of carbonyl (C=O) groups excluding carboxylic acids is 1. The van der Waals surface area contributed by atoms with Crippen LogP contribution in [0.3, 0.4) is 0 Å². The fraction of sp³-hybridized carbons (Fsp3) is 0.316. The highest BCUT2D eigenvalue weighted by atomic mass is 16.5. The maximum Gasteiger partial charge on any atom is 0.261 e. The summed E-state index contributed by atoms with van der Waals surface area (Å²) in [4.78, 5) is 12.2. The minimum absolute atomic E-state index is 0.0476. The highest BCUT2D eigenvalue weighted by Crippen LogP contribution is 2.17. The second-order valence-electron chi connectivity index (χ2n) is 5.65. The van der Waals surface area contributed by atoms with E-state index in [1.807, 2.05) is 37.3 Å². The van der Waals surface area contributed by atoms with E-state index < -0.39 is 6.10 Å². The lowest BCUT2D eigenvalue weighted by atomic mass is 10.0. The van der Waals surface area contributed by atoms with Crippen LogP contribution in [-0.4, -0.2) is 12.0 Å². The van der Waals surface area contributed by atoms with Crippen molar-refractivity contribution in [1.82, 2.24) is 5.32 Å². The second kappa shape index (κ2) is 7.12. The van der Waals surface area contributed by atoms with E-state index in [1.54, 1.807) is 6.92 Å². The van der Waals surface area contributed by atoms with Gasteiger partial charge in [-0.15, -0.1) is 0 Å². The smallest absolute Gasteiger partial charge is 0.261 e. The van der Waals surface area contributed by atoms with Crippen molar-refractivity contribution >= 4 is 5.91 Å². The number of benzene rings is 2. The third kappa shape index (κ3) is 4.10. The van der Waals surface area contributed by atoms with E-state index in [0.717, 1.165) is 5.56 Å². The Balaban J connectivity index is 1.96. The normalized spacial score (nSPS) is 13.3. The van der Waals surface area contributed by atoms with E-state index in [9.17, 15) is 4.79 Å². The topological polar surface area (TPSA) is 38.3 Å². The van der Waals surface area contributed by atoms with Crippen LogP contribution in [0.4, 0.5) is 0 Å². The molecule has 22 heavy (non-hydrogen) atoms. The van der Waals surface area contributed by atoms with Crippen molar-refractivity contribution in [2.75, 3.05) is 0 Å². The largest absolute Gasteiger partial charge is 0.481 e. The average molecular weight is 297 g/mol. The van der Waals surface area contributed by atoms with Crippen molar-refractivity contribution in [2.24, 2.45) is 0 Å². The van der Waals surface area contributed by atoms with Crippen molar-refractivity contribution < 1.29 is 9.53 Å². The molecular formula is C19H23NO2. The van der Waals surface area contributed by atoms with Gasteiger partial charge in [-0.2, -0.15) is 0 Å². The Morgan fingerprint density at radius 2 is 1.68 bits per heavy atom. The van der Waals surface area contributed by atoms with Crippen LogP contribution in [0.1, 0.15) is 36.6 Å². The maximum atomic E-state index is 12.2. The van der Waals surface area contributed by atoms with Crippen molar-refractivity contribution in [2.45, 2.75) is 39.8 Å². The number of aryl methyl sites for hydroxylation is 2. The first kappa shape index (κ1) is 16.1. The third-order valence-electron chi connectivity index (χ3n) is 3.82. The second-order valence-corrected chi connectivity index (χ2v) is 5.65. The predicted molar refractivity (Wildman–Crippen MR) is 89.0 cm³/mol. The van der Waals surface area contributed by atoms with Gasteiger partial charge in [0.25, 0.3) is 5.91 Å². The van der Waals surface area contributed by atoms with Crippen LogP contribution >= 0.6 is 0 Å². The molecule has 0 bridgehead atoms. The van der Waals surface area contributed by atoms with E-state index in [2.05, 4.69) is 37.4 Å². The van der Waals surface area contributed by atoms with Gasteiger partial charge in [-0.05, 0) is 56.5 Å². The molecule has 0 saturated heterocycles. The fourth-order valence-corrected chi connectivity index (χ4v) is 2.20. The van der Waals surface area contributed by atoms with Gasteiger partial charge in [0.05, 0.1) is 6.04 Å². The molecular weight excluding hydrogens is 274 g/mol. The standard InChI is InChI=1S/C19H23NO2/c1-13-10-11-17(12-14(13)2)15(3)20-19(21)16(4)22-18-8-6-5-7-9-18/h5-12,15-16H,1-4H3,(H,20,21)/t15-,16+/m0/s1. The van der Waals surface area contributed by atoms with Gasteiger partial charge in [0.2, 0.25) is 0 Å². The summed E-state index contributed by atoms with van der Waals surface area (Å²) in [6.07, 6.45) is -0.531. The van der Waals surface area contributed by atoms with Crippen molar-refractivity contribution in [3.63, 3.8) is 0 Å². The van der Waals surface area contributed by atoms with E-state index in [0.29, 0.717) is 5.75 Å². The van der Waals surface area contributed by atoms with Crippen molar-refractivity contribution in [1.29, 1.82) is 0 Å². The monoisotopic (exact) mass is 297 g/mol. The molecule has 0 unspecified atom stereocenters. The minimum Gasteiger partial charge on any atom is -0.481 e. The number of amides is 1. The Hall–Kier alpha value is -2.29. The van der Waals surface area contributed by atoms with Gasteiger partial charge in [0, 0.05) is 0 Å². The van der Waals surface area contributed by atoms with Crippen LogP contribution < -0.4 is 10.1 Å². The molecule has 0 heterocycles. The molecule has 0 aromatic heterocycles. The zero-order valence-electron chi connectivity index (χ0n) is 13.6. The quantitative estimate of drug-likeness (QED) is 0.907. The molecule has 0 radical (unpaired) electrons. The summed E-state index contributed by atoms with van der Waals surface area (Å²) < 4.78 is 5.64. The molecule has 2 atom stereocenters. The van der Waals surface area contributed by atoms with Crippen molar-refractivity contribution in [3.05, 3.63) is 65.2 Å². The van der Waals surface area contributed by atoms with Crippen LogP contribution in [-0.2, 0) is 4.79 Å². The van der Waals surface area contributed by atoms with Crippen LogP contribution in [0.5, 0.6) is 5.75 Å². The lowest BCUT2D eigenvalue weighted by Gasteiger charge is -2.19. The van der Waals surface area contributed by atoms with E-state index >= 15 is 0 Å². The first-order valence-electron chi connectivity index (χ1n) is 7.56. The molecule has 3 nitrogen and oxygen atoms in total. The molecule has 1 amide bonds. The summed E-state index contributed by atoms with van der Waals surface area (Å²) in [6, 6.07) is 15.6. The third-order valence-corrected chi connectivity index (χ3v) is 3.82. The molecule has 2 aromatic carbocycles. The summed E-state index contributed by atoms with van der Waals surface area (Å²) in [7, 11) is 0. The number of ether oxygens (including phenoxy) is 1. The molecule has 0 spiro atoms.